The number of hydrogen-bond donors (Lipinski definition) is 0. The van der Waals surface area contributed by atoms with E-state index in [1.165, 1.54) is 105 Å². The summed E-state index contributed by atoms with van der Waals surface area (Å²) >= 11 is 0.823. The van der Waals surface area contributed by atoms with Crippen molar-refractivity contribution in [3.63, 3.8) is 0 Å². The second kappa shape index (κ2) is 16.3. The van der Waals surface area contributed by atoms with Gasteiger partial charge < -0.3 is 0 Å². The van der Waals surface area contributed by atoms with Gasteiger partial charge in [-0.25, -0.2) is 0 Å². The molecule has 9 rings (SSSR count). The summed E-state index contributed by atoms with van der Waals surface area (Å²) in [6, 6.07) is 38.5. The molecule has 2 aliphatic carbocycles. The number of benzene rings is 5. The quantitative estimate of drug-likeness (QED) is 0.0958. The summed E-state index contributed by atoms with van der Waals surface area (Å²) in [5.74, 6) is 0. The number of rotatable bonds is 11. The van der Waals surface area contributed by atoms with E-state index >= 15 is 0 Å². The SMILES string of the molecule is CCCCCCC[CH]([Tl])C1(C)c2cc(B3OCCO3)ccc2-c2cc3c(cc21)-c1ccc(B2OCCO2)cc1C3(c1ccc(C(C)(C)C)cc1)c1ccc(C(C)(C)C)cc1. The summed E-state index contributed by atoms with van der Waals surface area (Å²) in [4.78, 5) is 0. The molecule has 2 aliphatic heterocycles. The second-order valence-corrected chi connectivity index (χ2v) is 23.2. The Bertz CT molecular complexity index is 2310. The molecule has 2 fully saturated rings. The van der Waals surface area contributed by atoms with Crippen LogP contribution < -0.4 is 10.9 Å². The minimum absolute atomic E-state index is 0.0367. The zero-order chi connectivity index (χ0) is 42.0. The van der Waals surface area contributed by atoms with Gasteiger partial charge in [-0.2, -0.15) is 0 Å². The van der Waals surface area contributed by atoms with Crippen molar-refractivity contribution in [2.75, 3.05) is 26.4 Å². The van der Waals surface area contributed by atoms with E-state index < -0.39 is 5.41 Å². The minimum atomic E-state index is -0.576. The first-order chi connectivity index (χ1) is 28.8. The van der Waals surface area contributed by atoms with Crippen LogP contribution in [0.4, 0.5) is 0 Å². The Hall–Kier alpha value is -3.01. The fourth-order valence-electron chi connectivity index (χ4n) is 10.7. The molecule has 5 aromatic rings. The van der Waals surface area contributed by atoms with Gasteiger partial charge in [-0.05, 0) is 0 Å². The summed E-state index contributed by atoms with van der Waals surface area (Å²) in [5, 5.41) is 0. The first-order valence-electron chi connectivity index (χ1n) is 22.7. The molecule has 2 saturated heterocycles. The predicted octanol–water partition coefficient (Wildman–Crippen LogP) is 10.7. The molecule has 2 unspecified atom stereocenters. The maximum atomic E-state index is 6.18. The van der Waals surface area contributed by atoms with Crippen LogP contribution >= 0.6 is 0 Å². The number of hydrogen-bond acceptors (Lipinski definition) is 4. The first kappa shape index (κ1) is 42.3. The van der Waals surface area contributed by atoms with Crippen LogP contribution in [0.2, 0.25) is 3.48 Å². The first-order valence-corrected chi connectivity index (χ1v) is 25.3. The van der Waals surface area contributed by atoms with Crippen LogP contribution in [-0.2, 0) is 40.3 Å². The van der Waals surface area contributed by atoms with E-state index in [-0.39, 0.29) is 30.5 Å². The van der Waals surface area contributed by atoms with Crippen molar-refractivity contribution < 1.29 is 18.6 Å². The average molecular weight is 988 g/mol. The Morgan fingerprint density at radius 3 is 1.45 bits per heavy atom. The summed E-state index contributed by atoms with van der Waals surface area (Å²) < 4.78 is 25.2. The fourth-order valence-corrected chi connectivity index (χ4v) is 13.0. The average Bonchev–Trinajstić information content (AvgIpc) is 4.06. The van der Waals surface area contributed by atoms with E-state index in [9.17, 15) is 0 Å². The van der Waals surface area contributed by atoms with Gasteiger partial charge in [-0.15, -0.1) is 0 Å². The Kier molecular flexibility index (Phi) is 11.5. The molecule has 60 heavy (non-hydrogen) atoms. The molecule has 7 heteroatoms. The standard InChI is InChI=1S/C53H61B2O4.Tl/c1-9-10-11-12-13-14-27-52(8)46-32-40(54-56-28-29-57-54)23-25-42(46)44-35-49-45(34-47(44)52)43-26-24-41(55-58-30-31-59-55)33-48(43)53(49,38-19-15-36(16-20-38)50(2,3)4)39-21-17-37(18-22-39)51(5,6)7;/h15-27,32-35H,9-14,28-31H2,1-8H3;. The molecule has 2 atom stereocenters. The molecule has 0 spiro atoms. The molecule has 0 amide bonds. The van der Waals surface area contributed by atoms with Crippen molar-refractivity contribution in [3.8, 4) is 22.3 Å². The van der Waals surface area contributed by atoms with Crippen LogP contribution in [-0.4, -0.2) is 66.4 Å². The summed E-state index contributed by atoms with van der Waals surface area (Å²) in [6.07, 6.45) is 7.79. The molecule has 5 aromatic carbocycles. The van der Waals surface area contributed by atoms with Crippen molar-refractivity contribution in [2.24, 2.45) is 0 Å². The third-order valence-electron chi connectivity index (χ3n) is 14.3. The fraction of sp³-hybridized carbons (Fsp3) is 0.434. The van der Waals surface area contributed by atoms with Gasteiger partial charge in [-0.1, -0.05) is 41.5 Å². The van der Waals surface area contributed by atoms with Crippen molar-refractivity contribution >= 4 is 50.9 Å². The molecular formula is C53H61B2O4Tl. The topological polar surface area (TPSA) is 36.9 Å². The van der Waals surface area contributed by atoms with Gasteiger partial charge in [0.25, 0.3) is 0 Å². The molecular weight excluding hydrogens is 927 g/mol. The van der Waals surface area contributed by atoms with Gasteiger partial charge in [0.2, 0.25) is 0 Å². The van der Waals surface area contributed by atoms with Gasteiger partial charge in [-0.3, -0.25) is 0 Å². The van der Waals surface area contributed by atoms with E-state index in [2.05, 4.69) is 152 Å². The van der Waals surface area contributed by atoms with E-state index in [0.29, 0.717) is 29.9 Å². The van der Waals surface area contributed by atoms with Gasteiger partial charge in [0.05, 0.1) is 0 Å². The predicted molar refractivity (Wildman–Crippen MR) is 250 cm³/mol. The van der Waals surface area contributed by atoms with Gasteiger partial charge in [0.1, 0.15) is 0 Å². The van der Waals surface area contributed by atoms with Crippen molar-refractivity contribution in [2.45, 2.75) is 119 Å². The van der Waals surface area contributed by atoms with E-state index in [1.54, 1.807) is 0 Å². The van der Waals surface area contributed by atoms with Crippen molar-refractivity contribution in [3.05, 3.63) is 142 Å². The number of fused-ring (bicyclic) bond motifs is 6. The van der Waals surface area contributed by atoms with Crippen LogP contribution in [0.5, 0.6) is 0 Å². The Morgan fingerprint density at radius 2 is 0.950 bits per heavy atom. The van der Waals surface area contributed by atoms with Crippen LogP contribution in [0.1, 0.15) is 138 Å². The molecule has 0 radical (unpaired) electrons. The van der Waals surface area contributed by atoms with Crippen LogP contribution in [0, 0.1) is 0 Å². The third kappa shape index (κ3) is 7.13. The van der Waals surface area contributed by atoms with Gasteiger partial charge >= 0.3 is 337 Å². The number of unbranched alkanes of at least 4 members (excludes halogenated alkanes) is 4. The van der Waals surface area contributed by atoms with Crippen LogP contribution in [0.15, 0.2) is 97.1 Å². The summed E-state index contributed by atoms with van der Waals surface area (Å²) in [7, 11) is -0.666. The second-order valence-electron chi connectivity index (χ2n) is 20.1. The monoisotopic (exact) mass is 988 g/mol. The zero-order valence-corrected chi connectivity index (χ0v) is 41.7. The van der Waals surface area contributed by atoms with Crippen LogP contribution in [0.25, 0.3) is 22.3 Å². The zero-order valence-electron chi connectivity index (χ0n) is 37.3. The maximum absolute atomic E-state index is 6.18. The molecule has 0 bridgehead atoms. The molecule has 2 heterocycles. The van der Waals surface area contributed by atoms with E-state index in [0.717, 1.165) is 36.7 Å². The normalized spacial score (nSPS) is 19.6. The van der Waals surface area contributed by atoms with Crippen LogP contribution in [0.3, 0.4) is 0 Å². The summed E-state index contributed by atoms with van der Waals surface area (Å²) in [6.45, 7) is 21.2. The summed E-state index contributed by atoms with van der Waals surface area (Å²) in [5.41, 5.74) is 17.8. The molecule has 4 aliphatic rings. The molecule has 0 saturated carbocycles. The van der Waals surface area contributed by atoms with Gasteiger partial charge in [0, 0.05) is 0 Å². The molecule has 0 N–H and O–H groups in total. The Balaban J connectivity index is 1.31. The van der Waals surface area contributed by atoms with E-state index in [4.69, 9.17) is 18.6 Å². The van der Waals surface area contributed by atoms with Crippen molar-refractivity contribution in [1.82, 2.24) is 0 Å². The molecule has 306 valence electrons. The molecule has 0 aromatic heterocycles. The van der Waals surface area contributed by atoms with Gasteiger partial charge in [0.15, 0.2) is 0 Å². The Morgan fingerprint density at radius 1 is 0.533 bits per heavy atom. The van der Waals surface area contributed by atoms with Crippen molar-refractivity contribution in [1.29, 1.82) is 0 Å². The van der Waals surface area contributed by atoms with E-state index in [1.807, 2.05) is 0 Å². The Labute approximate surface area is 376 Å². The third-order valence-corrected chi connectivity index (χ3v) is 18.2. The molecule has 4 nitrogen and oxygen atoms in total.